The first kappa shape index (κ1) is 11.2. The fraction of sp³-hybridized carbons (Fsp3) is 0.273. The molecule has 1 rings (SSSR count). The first-order chi connectivity index (χ1) is 6.69. The van der Waals surface area contributed by atoms with Gasteiger partial charge >= 0.3 is 0 Å². The topological polar surface area (TPSA) is 40.5 Å². The third-order valence-electron chi connectivity index (χ3n) is 2.04. The van der Waals surface area contributed by atoms with Crippen LogP contribution in [-0.2, 0) is 0 Å². The van der Waals surface area contributed by atoms with Crippen LogP contribution in [0, 0.1) is 0 Å². The van der Waals surface area contributed by atoms with Crippen molar-refractivity contribution in [1.29, 1.82) is 0 Å². The van der Waals surface area contributed by atoms with Crippen LogP contribution in [0.1, 0.15) is 17.2 Å². The van der Waals surface area contributed by atoms with Crippen molar-refractivity contribution in [3.63, 3.8) is 0 Å². The van der Waals surface area contributed by atoms with Gasteiger partial charge in [-0.05, 0) is 11.1 Å². The van der Waals surface area contributed by atoms with Crippen molar-refractivity contribution in [3.05, 3.63) is 42.0 Å². The molecule has 1 aromatic carbocycles. The number of hydrogen-bond acceptors (Lipinski definition) is 2. The quantitative estimate of drug-likeness (QED) is 0.750. The number of aliphatic hydroxyl groups excluding tert-OH is 2. The van der Waals surface area contributed by atoms with E-state index in [0.29, 0.717) is 5.56 Å². The summed E-state index contributed by atoms with van der Waals surface area (Å²) in [5.41, 5.74) is 1.63. The van der Waals surface area contributed by atoms with E-state index in [1.807, 2.05) is 12.1 Å². The summed E-state index contributed by atoms with van der Waals surface area (Å²) in [6, 6.07) is 7.15. The molecular weight excluding hydrogens is 200 g/mol. The lowest BCUT2D eigenvalue weighted by Gasteiger charge is -2.15. The summed E-state index contributed by atoms with van der Waals surface area (Å²) in [4.78, 5) is 0. The van der Waals surface area contributed by atoms with E-state index in [1.54, 1.807) is 18.2 Å². The molecule has 0 bridgehead atoms. The Bertz CT molecular complexity index is 295. The molecule has 0 heterocycles. The first-order valence-electron chi connectivity index (χ1n) is 4.33. The average Bonchev–Trinajstić information content (AvgIpc) is 2.27. The summed E-state index contributed by atoms with van der Waals surface area (Å²) in [6.07, 6.45) is -0.133. The van der Waals surface area contributed by atoms with Crippen LogP contribution in [0.4, 0.5) is 0 Å². The van der Waals surface area contributed by atoms with E-state index in [2.05, 4.69) is 6.58 Å². The van der Waals surface area contributed by atoms with E-state index in [0.717, 1.165) is 5.56 Å². The van der Waals surface area contributed by atoms with E-state index in [4.69, 9.17) is 11.6 Å². The molecule has 0 aromatic heterocycles. The van der Waals surface area contributed by atoms with Crippen molar-refractivity contribution in [2.24, 2.45) is 0 Å². The molecule has 3 heteroatoms. The molecule has 14 heavy (non-hydrogen) atoms. The monoisotopic (exact) mass is 212 g/mol. The molecule has 2 atom stereocenters. The highest BCUT2D eigenvalue weighted by Crippen LogP contribution is 2.18. The average molecular weight is 213 g/mol. The van der Waals surface area contributed by atoms with Gasteiger partial charge in [0.25, 0.3) is 0 Å². The van der Waals surface area contributed by atoms with Gasteiger partial charge in [-0.3, -0.25) is 0 Å². The molecular formula is C11H13ClO2. The molecule has 2 N–H and O–H groups in total. The van der Waals surface area contributed by atoms with Gasteiger partial charge in [0.1, 0.15) is 6.10 Å². The SMILES string of the molecule is C=Cc1ccc(C(O)C(O)CCl)cc1. The van der Waals surface area contributed by atoms with Gasteiger partial charge in [-0.15, -0.1) is 11.6 Å². The molecule has 0 saturated carbocycles. The van der Waals surface area contributed by atoms with Gasteiger partial charge in [0, 0.05) is 0 Å². The predicted octanol–water partition coefficient (Wildman–Crippen LogP) is 1.96. The normalized spacial score (nSPS) is 14.8. The predicted molar refractivity (Wildman–Crippen MR) is 58.2 cm³/mol. The molecule has 0 saturated heterocycles. The molecule has 1 aromatic rings. The van der Waals surface area contributed by atoms with Crippen molar-refractivity contribution >= 4 is 17.7 Å². The third-order valence-corrected chi connectivity index (χ3v) is 2.35. The lowest BCUT2D eigenvalue weighted by Crippen LogP contribution is -2.19. The lowest BCUT2D eigenvalue weighted by atomic mass is 10.0. The minimum absolute atomic E-state index is 0.0182. The maximum atomic E-state index is 9.59. The zero-order valence-corrected chi connectivity index (χ0v) is 8.48. The van der Waals surface area contributed by atoms with Crippen LogP contribution in [0.5, 0.6) is 0 Å². The van der Waals surface area contributed by atoms with Crippen LogP contribution in [0.15, 0.2) is 30.8 Å². The lowest BCUT2D eigenvalue weighted by molar-refractivity contribution is 0.0327. The number of rotatable bonds is 4. The van der Waals surface area contributed by atoms with E-state index in [-0.39, 0.29) is 5.88 Å². The highest BCUT2D eigenvalue weighted by Gasteiger charge is 2.16. The van der Waals surface area contributed by atoms with Gasteiger partial charge in [-0.2, -0.15) is 0 Å². The summed E-state index contributed by atoms with van der Waals surface area (Å²) in [5, 5.41) is 18.9. The Labute approximate surface area is 88.5 Å². The first-order valence-corrected chi connectivity index (χ1v) is 4.87. The Morgan fingerprint density at radius 1 is 1.29 bits per heavy atom. The molecule has 0 fully saturated rings. The Morgan fingerprint density at radius 2 is 1.86 bits per heavy atom. The molecule has 2 unspecified atom stereocenters. The summed E-state index contributed by atoms with van der Waals surface area (Å²) in [6.45, 7) is 3.62. The molecule has 0 aliphatic rings. The fourth-order valence-corrected chi connectivity index (χ4v) is 1.30. The minimum Gasteiger partial charge on any atom is -0.389 e. The Hall–Kier alpha value is -0.830. The number of aliphatic hydroxyl groups is 2. The third kappa shape index (κ3) is 2.58. The van der Waals surface area contributed by atoms with Gasteiger partial charge in [-0.1, -0.05) is 36.9 Å². The van der Waals surface area contributed by atoms with Gasteiger partial charge in [0.05, 0.1) is 12.0 Å². The van der Waals surface area contributed by atoms with E-state index in [9.17, 15) is 10.2 Å². The van der Waals surface area contributed by atoms with Crippen LogP contribution < -0.4 is 0 Å². The standard InChI is InChI=1S/C11H13ClO2/c1-2-8-3-5-9(6-4-8)11(14)10(13)7-12/h2-6,10-11,13-14H,1,7H2. The second kappa shape index (κ2) is 5.15. The van der Waals surface area contributed by atoms with Crippen LogP contribution >= 0.6 is 11.6 Å². The van der Waals surface area contributed by atoms with Crippen LogP contribution in [-0.4, -0.2) is 22.2 Å². The van der Waals surface area contributed by atoms with Crippen molar-refractivity contribution < 1.29 is 10.2 Å². The van der Waals surface area contributed by atoms with E-state index >= 15 is 0 Å². The Kier molecular flexibility index (Phi) is 4.14. The largest absolute Gasteiger partial charge is 0.389 e. The Balaban J connectivity index is 2.80. The minimum atomic E-state index is -0.925. The zero-order chi connectivity index (χ0) is 10.6. The van der Waals surface area contributed by atoms with Crippen molar-refractivity contribution in [2.45, 2.75) is 12.2 Å². The number of benzene rings is 1. The van der Waals surface area contributed by atoms with Crippen molar-refractivity contribution in [2.75, 3.05) is 5.88 Å². The molecule has 76 valence electrons. The highest BCUT2D eigenvalue weighted by molar-refractivity contribution is 6.18. The molecule has 0 spiro atoms. The van der Waals surface area contributed by atoms with Crippen LogP contribution in [0.2, 0.25) is 0 Å². The smallest absolute Gasteiger partial charge is 0.106 e. The van der Waals surface area contributed by atoms with Gasteiger partial charge < -0.3 is 10.2 Å². The highest BCUT2D eigenvalue weighted by atomic mass is 35.5. The van der Waals surface area contributed by atoms with Gasteiger partial charge in [0.15, 0.2) is 0 Å². The second-order valence-corrected chi connectivity index (χ2v) is 3.35. The molecule has 2 nitrogen and oxygen atoms in total. The zero-order valence-electron chi connectivity index (χ0n) is 7.73. The number of alkyl halides is 1. The van der Waals surface area contributed by atoms with Gasteiger partial charge in [0.2, 0.25) is 0 Å². The number of halogens is 1. The van der Waals surface area contributed by atoms with Crippen LogP contribution in [0.25, 0.3) is 6.08 Å². The van der Waals surface area contributed by atoms with Crippen molar-refractivity contribution in [1.82, 2.24) is 0 Å². The summed E-state index contributed by atoms with van der Waals surface area (Å²) in [5.74, 6) is 0.0182. The molecule has 0 amide bonds. The molecule has 0 aliphatic carbocycles. The Morgan fingerprint density at radius 3 is 2.29 bits per heavy atom. The maximum absolute atomic E-state index is 9.59. The van der Waals surface area contributed by atoms with E-state index < -0.39 is 12.2 Å². The van der Waals surface area contributed by atoms with Crippen molar-refractivity contribution in [3.8, 4) is 0 Å². The molecule has 0 aliphatic heterocycles. The maximum Gasteiger partial charge on any atom is 0.106 e. The summed E-state index contributed by atoms with van der Waals surface area (Å²) >= 11 is 5.43. The fourth-order valence-electron chi connectivity index (χ4n) is 1.14. The summed E-state index contributed by atoms with van der Waals surface area (Å²) < 4.78 is 0. The second-order valence-electron chi connectivity index (χ2n) is 3.04. The van der Waals surface area contributed by atoms with Gasteiger partial charge in [-0.25, -0.2) is 0 Å². The van der Waals surface area contributed by atoms with E-state index in [1.165, 1.54) is 0 Å². The molecule has 0 radical (unpaired) electrons. The summed E-state index contributed by atoms with van der Waals surface area (Å²) in [7, 11) is 0. The van der Waals surface area contributed by atoms with Crippen LogP contribution in [0.3, 0.4) is 0 Å². The number of hydrogen-bond donors (Lipinski definition) is 2.